The van der Waals surface area contributed by atoms with Crippen LogP contribution < -0.4 is 24.3 Å². The summed E-state index contributed by atoms with van der Waals surface area (Å²) in [6.45, 7) is 2.49. The maximum absolute atomic E-state index is 13.0. The van der Waals surface area contributed by atoms with Crippen LogP contribution in [0.1, 0.15) is 35.2 Å². The summed E-state index contributed by atoms with van der Waals surface area (Å²) in [7, 11) is 3.10. The van der Waals surface area contributed by atoms with Crippen molar-refractivity contribution in [2.75, 3.05) is 40.5 Å². The number of ether oxygens (including phenoxy) is 4. The SMILES string of the molecule is COc1cc(OC)cc(C(=O)N2CCC(C(=O)NCc3cc(Cl)c4c(c3)OCCCO4)CC2)c1. The van der Waals surface area contributed by atoms with Gasteiger partial charge in [-0.1, -0.05) is 11.6 Å². The molecule has 2 aromatic carbocycles. The van der Waals surface area contributed by atoms with Crippen LogP contribution in [0, 0.1) is 5.92 Å². The average molecular weight is 489 g/mol. The number of methoxy groups -OCH3 is 2. The topological polar surface area (TPSA) is 86.3 Å². The summed E-state index contributed by atoms with van der Waals surface area (Å²) in [6, 6.07) is 8.77. The smallest absolute Gasteiger partial charge is 0.254 e. The Bertz CT molecular complexity index is 1030. The molecule has 0 radical (unpaired) electrons. The van der Waals surface area contributed by atoms with E-state index < -0.39 is 0 Å². The van der Waals surface area contributed by atoms with E-state index in [1.165, 1.54) is 0 Å². The monoisotopic (exact) mass is 488 g/mol. The number of carbonyl (C=O) groups is 2. The molecule has 2 aromatic rings. The van der Waals surface area contributed by atoms with Gasteiger partial charge >= 0.3 is 0 Å². The van der Waals surface area contributed by atoms with E-state index in [0.29, 0.717) is 79.3 Å². The second-order valence-corrected chi connectivity index (χ2v) is 8.75. The Hall–Kier alpha value is -3.13. The van der Waals surface area contributed by atoms with Gasteiger partial charge in [-0.25, -0.2) is 0 Å². The number of carbonyl (C=O) groups excluding carboxylic acids is 2. The summed E-state index contributed by atoms with van der Waals surface area (Å²) in [5.74, 6) is 2.00. The molecule has 0 unspecified atom stereocenters. The molecule has 9 heteroatoms. The molecule has 0 saturated carbocycles. The third kappa shape index (κ3) is 5.50. The summed E-state index contributed by atoms with van der Waals surface area (Å²) in [5.41, 5.74) is 1.35. The lowest BCUT2D eigenvalue weighted by atomic mass is 9.95. The zero-order valence-corrected chi connectivity index (χ0v) is 20.2. The number of rotatable bonds is 6. The average Bonchev–Trinajstić information content (AvgIpc) is 3.12. The lowest BCUT2D eigenvalue weighted by Gasteiger charge is -2.31. The van der Waals surface area contributed by atoms with E-state index in [4.69, 9.17) is 30.5 Å². The van der Waals surface area contributed by atoms with Gasteiger partial charge in [-0.15, -0.1) is 0 Å². The summed E-state index contributed by atoms with van der Waals surface area (Å²) < 4.78 is 21.9. The summed E-state index contributed by atoms with van der Waals surface area (Å²) >= 11 is 6.35. The van der Waals surface area contributed by atoms with Gasteiger partial charge in [-0.2, -0.15) is 0 Å². The summed E-state index contributed by atoms with van der Waals surface area (Å²) in [4.78, 5) is 27.5. The number of hydrogen-bond donors (Lipinski definition) is 1. The molecule has 34 heavy (non-hydrogen) atoms. The summed E-state index contributed by atoms with van der Waals surface area (Å²) in [6.07, 6.45) is 1.99. The molecule has 2 amide bonds. The van der Waals surface area contributed by atoms with Crippen LogP contribution in [0.25, 0.3) is 0 Å². The molecule has 182 valence electrons. The van der Waals surface area contributed by atoms with Gasteiger partial charge in [0.05, 0.1) is 32.5 Å². The first-order valence-corrected chi connectivity index (χ1v) is 11.7. The summed E-state index contributed by atoms with van der Waals surface area (Å²) in [5, 5.41) is 3.47. The first-order chi connectivity index (χ1) is 16.5. The van der Waals surface area contributed by atoms with Gasteiger partial charge in [0, 0.05) is 43.6 Å². The van der Waals surface area contributed by atoms with Crippen LogP contribution in [-0.2, 0) is 11.3 Å². The zero-order chi connectivity index (χ0) is 24.1. The van der Waals surface area contributed by atoms with E-state index in [0.717, 1.165) is 12.0 Å². The molecule has 1 fully saturated rings. The van der Waals surface area contributed by atoms with Crippen molar-refractivity contribution in [1.82, 2.24) is 10.2 Å². The molecule has 0 spiro atoms. The molecule has 2 heterocycles. The highest BCUT2D eigenvalue weighted by molar-refractivity contribution is 6.32. The highest BCUT2D eigenvalue weighted by atomic mass is 35.5. The molecule has 0 atom stereocenters. The molecular formula is C25H29ClN2O6. The van der Waals surface area contributed by atoms with Crippen molar-refractivity contribution in [2.45, 2.75) is 25.8 Å². The predicted molar refractivity (Wildman–Crippen MR) is 127 cm³/mol. The number of piperidine rings is 1. The van der Waals surface area contributed by atoms with E-state index in [1.807, 2.05) is 6.07 Å². The fourth-order valence-electron chi connectivity index (χ4n) is 4.18. The van der Waals surface area contributed by atoms with Gasteiger partial charge in [0.25, 0.3) is 5.91 Å². The van der Waals surface area contributed by atoms with E-state index in [-0.39, 0.29) is 17.7 Å². The molecule has 1 N–H and O–H groups in total. The van der Waals surface area contributed by atoms with Crippen LogP contribution in [0.4, 0.5) is 0 Å². The van der Waals surface area contributed by atoms with Crippen molar-refractivity contribution >= 4 is 23.4 Å². The lowest BCUT2D eigenvalue weighted by molar-refractivity contribution is -0.126. The van der Waals surface area contributed by atoms with Crippen LogP contribution in [-0.4, -0.2) is 57.2 Å². The Labute approximate surface area is 204 Å². The maximum Gasteiger partial charge on any atom is 0.254 e. The molecule has 1 saturated heterocycles. The Kier molecular flexibility index (Phi) is 7.67. The predicted octanol–water partition coefficient (Wildman–Crippen LogP) is 3.69. The van der Waals surface area contributed by atoms with Gasteiger partial charge in [0.1, 0.15) is 11.5 Å². The number of fused-ring (bicyclic) bond motifs is 1. The van der Waals surface area contributed by atoms with Gasteiger partial charge in [-0.3, -0.25) is 9.59 Å². The van der Waals surface area contributed by atoms with Crippen molar-refractivity contribution < 1.29 is 28.5 Å². The molecule has 2 aliphatic rings. The lowest BCUT2D eigenvalue weighted by Crippen LogP contribution is -2.42. The number of nitrogens with one attached hydrogen (secondary N) is 1. The molecule has 2 aliphatic heterocycles. The van der Waals surface area contributed by atoms with Crippen molar-refractivity contribution in [3.05, 3.63) is 46.5 Å². The Balaban J connectivity index is 1.31. The second kappa shape index (κ2) is 10.9. The number of hydrogen-bond acceptors (Lipinski definition) is 6. The van der Waals surface area contributed by atoms with Crippen molar-refractivity contribution in [2.24, 2.45) is 5.92 Å². The van der Waals surface area contributed by atoms with Crippen LogP contribution >= 0.6 is 11.6 Å². The highest BCUT2D eigenvalue weighted by Gasteiger charge is 2.28. The fourth-order valence-corrected chi connectivity index (χ4v) is 4.47. The zero-order valence-electron chi connectivity index (χ0n) is 19.4. The van der Waals surface area contributed by atoms with Crippen LogP contribution in [0.3, 0.4) is 0 Å². The van der Waals surface area contributed by atoms with Crippen molar-refractivity contribution in [3.63, 3.8) is 0 Å². The van der Waals surface area contributed by atoms with Gasteiger partial charge in [0.15, 0.2) is 11.5 Å². The van der Waals surface area contributed by atoms with Gasteiger partial charge < -0.3 is 29.2 Å². The standard InChI is InChI=1S/C25H29ClN2O6/c1-31-19-12-18(13-20(14-19)32-2)25(30)28-6-4-17(5-7-28)24(29)27-15-16-10-21(26)23-22(11-16)33-8-3-9-34-23/h10-14,17H,3-9,15H2,1-2H3,(H,27,29). The first kappa shape index (κ1) is 24.0. The third-order valence-electron chi connectivity index (χ3n) is 6.08. The minimum Gasteiger partial charge on any atom is -0.497 e. The van der Waals surface area contributed by atoms with E-state index in [9.17, 15) is 9.59 Å². The number of nitrogens with zero attached hydrogens (tertiary/aromatic N) is 1. The molecule has 0 aliphatic carbocycles. The molecule has 0 aromatic heterocycles. The van der Waals surface area contributed by atoms with Gasteiger partial charge in [0.2, 0.25) is 5.91 Å². The minimum absolute atomic E-state index is 0.0293. The fraction of sp³-hybridized carbons (Fsp3) is 0.440. The molecule has 4 rings (SSSR count). The van der Waals surface area contributed by atoms with Gasteiger partial charge in [-0.05, 0) is 42.7 Å². The molecule has 8 nitrogen and oxygen atoms in total. The number of halogens is 1. The van der Waals surface area contributed by atoms with Crippen LogP contribution in [0.15, 0.2) is 30.3 Å². The van der Waals surface area contributed by atoms with E-state index in [2.05, 4.69) is 5.32 Å². The Morgan fingerprint density at radius 3 is 2.38 bits per heavy atom. The van der Waals surface area contributed by atoms with E-state index >= 15 is 0 Å². The quantitative estimate of drug-likeness (QED) is 0.667. The highest BCUT2D eigenvalue weighted by Crippen LogP contribution is 2.38. The number of amides is 2. The van der Waals surface area contributed by atoms with Crippen molar-refractivity contribution in [1.29, 1.82) is 0 Å². The number of likely N-dealkylation sites (tertiary alicyclic amines) is 1. The molecule has 0 bridgehead atoms. The number of benzene rings is 2. The Morgan fingerprint density at radius 2 is 1.71 bits per heavy atom. The van der Waals surface area contributed by atoms with Crippen LogP contribution in [0.2, 0.25) is 5.02 Å². The van der Waals surface area contributed by atoms with Crippen molar-refractivity contribution in [3.8, 4) is 23.0 Å². The minimum atomic E-state index is -0.153. The Morgan fingerprint density at radius 1 is 1.03 bits per heavy atom. The van der Waals surface area contributed by atoms with E-state index in [1.54, 1.807) is 43.4 Å². The molecular weight excluding hydrogens is 460 g/mol. The normalized spacial score (nSPS) is 15.9. The second-order valence-electron chi connectivity index (χ2n) is 8.34. The van der Waals surface area contributed by atoms with Crippen LogP contribution in [0.5, 0.6) is 23.0 Å². The largest absolute Gasteiger partial charge is 0.497 e. The first-order valence-electron chi connectivity index (χ1n) is 11.4. The maximum atomic E-state index is 13.0. The third-order valence-corrected chi connectivity index (χ3v) is 6.36.